The van der Waals surface area contributed by atoms with E-state index in [1.807, 2.05) is 0 Å². The maximum absolute atomic E-state index is 5.46. The summed E-state index contributed by atoms with van der Waals surface area (Å²) in [4.78, 5) is 2.37. The van der Waals surface area contributed by atoms with Crippen LogP contribution in [0.15, 0.2) is 18.2 Å². The average Bonchev–Trinajstić information content (AvgIpc) is 2.46. The second-order valence-corrected chi connectivity index (χ2v) is 6.51. The van der Waals surface area contributed by atoms with Crippen molar-refractivity contribution in [3.63, 3.8) is 0 Å². The number of benzene rings is 1. The lowest BCUT2D eigenvalue weighted by atomic mass is 9.92. The SMILES string of the molecule is CN1CCCc2cc(CNC3(C)CCOCC3)ccc21. The fraction of sp³-hybridized carbons (Fsp3) is 0.647. The third-order valence-corrected chi connectivity index (χ3v) is 4.81. The van der Waals surface area contributed by atoms with Crippen LogP contribution in [0.1, 0.15) is 37.3 Å². The molecule has 0 aliphatic carbocycles. The van der Waals surface area contributed by atoms with Crippen LogP contribution in [0.5, 0.6) is 0 Å². The Morgan fingerprint density at radius 3 is 2.90 bits per heavy atom. The Morgan fingerprint density at radius 2 is 2.10 bits per heavy atom. The molecule has 1 saturated heterocycles. The van der Waals surface area contributed by atoms with E-state index >= 15 is 0 Å². The van der Waals surface area contributed by atoms with Gasteiger partial charge in [-0.25, -0.2) is 0 Å². The lowest BCUT2D eigenvalue weighted by molar-refractivity contribution is 0.0446. The Kier molecular flexibility index (Phi) is 3.99. The number of aryl methyl sites for hydroxylation is 1. The third-order valence-electron chi connectivity index (χ3n) is 4.81. The lowest BCUT2D eigenvalue weighted by Crippen LogP contribution is -2.46. The molecule has 3 rings (SSSR count). The summed E-state index contributed by atoms with van der Waals surface area (Å²) in [5.41, 5.74) is 4.57. The number of nitrogens with one attached hydrogen (secondary N) is 1. The van der Waals surface area contributed by atoms with Crippen LogP contribution in [0, 0.1) is 0 Å². The van der Waals surface area contributed by atoms with Crippen LogP contribution in [-0.4, -0.2) is 32.3 Å². The van der Waals surface area contributed by atoms with Gasteiger partial charge in [0.15, 0.2) is 0 Å². The molecule has 0 saturated carbocycles. The van der Waals surface area contributed by atoms with Crippen LogP contribution in [0.2, 0.25) is 0 Å². The Bertz CT molecular complexity index is 466. The Balaban J connectivity index is 1.66. The van der Waals surface area contributed by atoms with E-state index in [0.717, 1.165) is 32.6 Å². The van der Waals surface area contributed by atoms with E-state index in [0.29, 0.717) is 0 Å². The van der Waals surface area contributed by atoms with Crippen molar-refractivity contribution in [1.82, 2.24) is 5.32 Å². The van der Waals surface area contributed by atoms with Gasteiger partial charge in [0.25, 0.3) is 0 Å². The minimum absolute atomic E-state index is 0.241. The minimum Gasteiger partial charge on any atom is -0.381 e. The van der Waals surface area contributed by atoms with Gasteiger partial charge in [-0.2, -0.15) is 0 Å². The fourth-order valence-electron chi connectivity index (χ4n) is 3.26. The predicted molar refractivity (Wildman–Crippen MR) is 83.3 cm³/mol. The summed E-state index contributed by atoms with van der Waals surface area (Å²) < 4.78 is 5.46. The number of hydrogen-bond acceptors (Lipinski definition) is 3. The summed E-state index contributed by atoms with van der Waals surface area (Å²) in [5, 5.41) is 3.74. The molecule has 0 atom stereocenters. The summed E-state index contributed by atoms with van der Waals surface area (Å²) >= 11 is 0. The summed E-state index contributed by atoms with van der Waals surface area (Å²) in [5.74, 6) is 0. The highest BCUT2D eigenvalue weighted by molar-refractivity contribution is 5.56. The third kappa shape index (κ3) is 2.99. The molecule has 0 amide bonds. The first-order valence-corrected chi connectivity index (χ1v) is 7.82. The summed E-state index contributed by atoms with van der Waals surface area (Å²) in [6, 6.07) is 6.95. The van der Waals surface area contributed by atoms with Crippen molar-refractivity contribution < 1.29 is 4.74 Å². The van der Waals surface area contributed by atoms with E-state index in [2.05, 4.69) is 42.4 Å². The maximum Gasteiger partial charge on any atom is 0.0483 e. The van der Waals surface area contributed by atoms with Crippen molar-refractivity contribution in [3.05, 3.63) is 29.3 Å². The van der Waals surface area contributed by atoms with Crippen LogP contribution < -0.4 is 10.2 Å². The quantitative estimate of drug-likeness (QED) is 0.917. The van der Waals surface area contributed by atoms with Crippen molar-refractivity contribution in [1.29, 1.82) is 0 Å². The minimum atomic E-state index is 0.241. The topological polar surface area (TPSA) is 24.5 Å². The smallest absolute Gasteiger partial charge is 0.0483 e. The first-order chi connectivity index (χ1) is 9.66. The molecule has 0 radical (unpaired) electrons. The molecule has 0 unspecified atom stereocenters. The van der Waals surface area contributed by atoms with Gasteiger partial charge in [0.05, 0.1) is 0 Å². The van der Waals surface area contributed by atoms with Crippen molar-refractivity contribution in [2.24, 2.45) is 0 Å². The zero-order valence-electron chi connectivity index (χ0n) is 12.7. The lowest BCUT2D eigenvalue weighted by Gasteiger charge is -2.35. The molecule has 0 bridgehead atoms. The molecule has 2 aliphatic heterocycles. The monoisotopic (exact) mass is 274 g/mol. The van der Waals surface area contributed by atoms with Gasteiger partial charge in [0, 0.05) is 44.6 Å². The molecule has 20 heavy (non-hydrogen) atoms. The molecular weight excluding hydrogens is 248 g/mol. The van der Waals surface area contributed by atoms with Crippen LogP contribution >= 0.6 is 0 Å². The standard InChI is InChI=1S/C17H26N2O/c1-17(7-10-20-11-8-17)18-13-14-5-6-16-15(12-14)4-3-9-19(16)2/h5-6,12,18H,3-4,7-11,13H2,1-2H3. The molecule has 2 aliphatic rings. The molecule has 1 aromatic carbocycles. The number of rotatable bonds is 3. The maximum atomic E-state index is 5.46. The molecule has 110 valence electrons. The second-order valence-electron chi connectivity index (χ2n) is 6.51. The van der Waals surface area contributed by atoms with Gasteiger partial charge in [-0.15, -0.1) is 0 Å². The number of ether oxygens (including phenoxy) is 1. The van der Waals surface area contributed by atoms with Gasteiger partial charge >= 0.3 is 0 Å². The van der Waals surface area contributed by atoms with E-state index in [-0.39, 0.29) is 5.54 Å². The molecule has 3 heteroatoms. The van der Waals surface area contributed by atoms with Crippen molar-refractivity contribution >= 4 is 5.69 Å². The molecule has 1 fully saturated rings. The summed E-state index contributed by atoms with van der Waals surface area (Å²) in [7, 11) is 2.19. The summed E-state index contributed by atoms with van der Waals surface area (Å²) in [6.07, 6.45) is 4.72. The van der Waals surface area contributed by atoms with Crippen molar-refractivity contribution in [2.75, 3.05) is 31.7 Å². The number of anilines is 1. The second kappa shape index (κ2) is 5.74. The highest BCUT2D eigenvalue weighted by atomic mass is 16.5. The van der Waals surface area contributed by atoms with E-state index in [9.17, 15) is 0 Å². The molecule has 1 aromatic rings. The molecule has 1 N–H and O–H groups in total. The van der Waals surface area contributed by atoms with Gasteiger partial charge in [-0.1, -0.05) is 12.1 Å². The zero-order valence-corrected chi connectivity index (χ0v) is 12.7. The Morgan fingerprint density at radius 1 is 1.30 bits per heavy atom. The number of hydrogen-bond donors (Lipinski definition) is 1. The zero-order chi connectivity index (χ0) is 14.0. The van der Waals surface area contributed by atoms with E-state index < -0.39 is 0 Å². The molecule has 0 spiro atoms. The molecule has 3 nitrogen and oxygen atoms in total. The Hall–Kier alpha value is -1.06. The van der Waals surface area contributed by atoms with Crippen molar-refractivity contribution in [2.45, 2.75) is 44.7 Å². The summed E-state index contributed by atoms with van der Waals surface area (Å²) in [6.45, 7) is 6.24. The van der Waals surface area contributed by atoms with E-state index in [1.165, 1.54) is 36.2 Å². The number of nitrogens with zero attached hydrogens (tertiary/aromatic N) is 1. The van der Waals surface area contributed by atoms with Gasteiger partial charge < -0.3 is 15.0 Å². The van der Waals surface area contributed by atoms with Gasteiger partial charge in [-0.05, 0) is 49.8 Å². The highest BCUT2D eigenvalue weighted by Gasteiger charge is 2.26. The largest absolute Gasteiger partial charge is 0.381 e. The molecule has 0 aromatic heterocycles. The normalized spacial score (nSPS) is 21.6. The Labute approximate surface area is 122 Å². The first-order valence-electron chi connectivity index (χ1n) is 7.82. The van der Waals surface area contributed by atoms with Gasteiger partial charge in [-0.3, -0.25) is 0 Å². The van der Waals surface area contributed by atoms with Gasteiger partial charge in [0.1, 0.15) is 0 Å². The number of fused-ring (bicyclic) bond motifs is 1. The van der Waals surface area contributed by atoms with E-state index in [4.69, 9.17) is 4.74 Å². The molecular formula is C17H26N2O. The highest BCUT2D eigenvalue weighted by Crippen LogP contribution is 2.27. The predicted octanol–water partition coefficient (Wildman–Crippen LogP) is 2.73. The van der Waals surface area contributed by atoms with E-state index in [1.54, 1.807) is 0 Å². The molecule has 2 heterocycles. The fourth-order valence-corrected chi connectivity index (χ4v) is 3.26. The van der Waals surface area contributed by atoms with Gasteiger partial charge in [0.2, 0.25) is 0 Å². The van der Waals surface area contributed by atoms with Crippen LogP contribution in [0.4, 0.5) is 5.69 Å². The average molecular weight is 274 g/mol. The van der Waals surface area contributed by atoms with Crippen molar-refractivity contribution in [3.8, 4) is 0 Å². The van der Waals surface area contributed by atoms with Crippen LogP contribution in [0.25, 0.3) is 0 Å². The van der Waals surface area contributed by atoms with Crippen LogP contribution in [0.3, 0.4) is 0 Å². The first kappa shape index (κ1) is 13.9. The van der Waals surface area contributed by atoms with Crippen LogP contribution in [-0.2, 0) is 17.7 Å².